The van der Waals surface area contributed by atoms with Gasteiger partial charge >= 0.3 is 0 Å². The van der Waals surface area contributed by atoms with Crippen LogP contribution < -0.4 is 10.1 Å². The molecule has 0 aromatic heterocycles. The first-order valence-electron chi connectivity index (χ1n) is 11.9. The molecule has 2 fully saturated rings. The minimum atomic E-state index is -1.35. The predicted molar refractivity (Wildman–Crippen MR) is 137 cm³/mol. The van der Waals surface area contributed by atoms with Crippen molar-refractivity contribution in [1.29, 1.82) is 0 Å². The number of nitrogens with one attached hydrogen (secondary N) is 1. The number of hydrogen-bond donors (Lipinski definition) is 1. The molecule has 6 rings (SSSR count). The average molecular weight is 524 g/mol. The molecule has 3 aliphatic rings. The number of carbonyl (C=O) groups is 1. The number of para-hydroxylation sites is 1. The van der Waals surface area contributed by atoms with Crippen molar-refractivity contribution in [2.24, 2.45) is 0 Å². The SMILES string of the molecule is O=C1Nc2ccccc2[C@]12[C@H]([N+](=O)[O-])[C@H](c1ccc(OCc3ccc(Cl)cc3)c(Cl)c1)[C@@H]1CCCN12. The quantitative estimate of drug-likeness (QED) is 0.346. The molecular weight excluding hydrogens is 501 g/mol. The summed E-state index contributed by atoms with van der Waals surface area (Å²) >= 11 is 12.6. The largest absolute Gasteiger partial charge is 0.487 e. The van der Waals surface area contributed by atoms with Crippen LogP contribution in [0.2, 0.25) is 10.0 Å². The lowest BCUT2D eigenvalue weighted by Crippen LogP contribution is -2.55. The number of benzene rings is 3. The number of nitro groups is 1. The summed E-state index contributed by atoms with van der Waals surface area (Å²) in [6.45, 7) is 0.941. The zero-order valence-electron chi connectivity index (χ0n) is 19.2. The summed E-state index contributed by atoms with van der Waals surface area (Å²) in [7, 11) is 0. The summed E-state index contributed by atoms with van der Waals surface area (Å²) in [5.41, 5.74) is 1.66. The topological polar surface area (TPSA) is 84.7 Å². The van der Waals surface area contributed by atoms with Gasteiger partial charge in [-0.25, -0.2) is 0 Å². The van der Waals surface area contributed by atoms with Crippen LogP contribution in [0.4, 0.5) is 5.69 Å². The molecule has 3 aliphatic heterocycles. The maximum absolute atomic E-state index is 13.5. The number of halogens is 2. The summed E-state index contributed by atoms with van der Waals surface area (Å²) in [5, 5.41) is 16.6. The van der Waals surface area contributed by atoms with Crippen LogP contribution in [-0.4, -0.2) is 34.4 Å². The second-order valence-electron chi connectivity index (χ2n) is 9.53. The normalized spacial score (nSPS) is 26.6. The monoisotopic (exact) mass is 523 g/mol. The van der Waals surface area contributed by atoms with E-state index in [1.54, 1.807) is 30.3 Å². The van der Waals surface area contributed by atoms with E-state index in [1.807, 2.05) is 36.4 Å². The van der Waals surface area contributed by atoms with E-state index >= 15 is 0 Å². The Morgan fingerprint density at radius 3 is 2.64 bits per heavy atom. The van der Waals surface area contributed by atoms with Crippen LogP contribution >= 0.6 is 23.2 Å². The summed E-state index contributed by atoms with van der Waals surface area (Å²) in [6, 6.07) is 18.7. The molecule has 1 spiro atoms. The lowest BCUT2D eigenvalue weighted by molar-refractivity contribution is -0.534. The zero-order valence-corrected chi connectivity index (χ0v) is 20.7. The summed E-state index contributed by atoms with van der Waals surface area (Å²) in [6.07, 6.45) is 1.65. The highest BCUT2D eigenvalue weighted by atomic mass is 35.5. The standard InChI is InChI=1S/C27H23Cl2N3O4/c28-18-10-7-16(8-11-18)15-36-23-12-9-17(14-20(23)29)24-22-6-3-13-31(22)27(25(24)32(34)35)19-4-1-2-5-21(19)30-26(27)33/h1-2,4-5,7-12,14,22,24-25H,3,6,13,15H2,(H,30,33)/t22-,24+,25+,27-/m0/s1. The van der Waals surface area contributed by atoms with Gasteiger partial charge in [-0.1, -0.05) is 59.6 Å². The Balaban J connectivity index is 1.37. The van der Waals surface area contributed by atoms with Gasteiger partial charge in [0.05, 0.1) is 10.9 Å². The molecule has 0 unspecified atom stereocenters. The van der Waals surface area contributed by atoms with Crippen LogP contribution in [0.5, 0.6) is 5.75 Å². The van der Waals surface area contributed by atoms with Crippen LogP contribution in [0.3, 0.4) is 0 Å². The second-order valence-corrected chi connectivity index (χ2v) is 10.4. The van der Waals surface area contributed by atoms with E-state index < -0.39 is 17.5 Å². The van der Waals surface area contributed by atoms with E-state index in [0.717, 1.165) is 24.0 Å². The third kappa shape index (κ3) is 3.41. The Morgan fingerprint density at radius 1 is 1.11 bits per heavy atom. The Bertz CT molecular complexity index is 1370. The Hall–Kier alpha value is -3.13. The van der Waals surface area contributed by atoms with Gasteiger partial charge in [-0.05, 0) is 54.3 Å². The van der Waals surface area contributed by atoms with E-state index in [4.69, 9.17) is 27.9 Å². The molecular formula is C27H23Cl2N3O4. The smallest absolute Gasteiger partial charge is 0.256 e. The molecule has 1 amide bonds. The van der Waals surface area contributed by atoms with Crippen molar-refractivity contribution in [2.75, 3.05) is 11.9 Å². The summed E-state index contributed by atoms with van der Waals surface area (Å²) in [4.78, 5) is 28.0. The number of rotatable bonds is 5. The molecule has 1 N–H and O–H groups in total. The fourth-order valence-corrected chi connectivity index (χ4v) is 6.73. The fourth-order valence-electron chi connectivity index (χ4n) is 6.36. The lowest BCUT2D eigenvalue weighted by Gasteiger charge is -2.32. The zero-order chi connectivity index (χ0) is 25.0. The highest BCUT2D eigenvalue weighted by Crippen LogP contribution is 2.58. The summed E-state index contributed by atoms with van der Waals surface area (Å²) in [5.74, 6) is -0.330. The molecule has 2 saturated heterocycles. The lowest BCUT2D eigenvalue weighted by atomic mass is 9.77. The Kier molecular flexibility index (Phi) is 5.67. The van der Waals surface area contributed by atoms with E-state index in [0.29, 0.717) is 40.2 Å². The average Bonchev–Trinajstić information content (AvgIpc) is 3.52. The van der Waals surface area contributed by atoms with E-state index in [9.17, 15) is 14.9 Å². The molecule has 0 bridgehead atoms. The number of fused-ring (bicyclic) bond motifs is 4. The van der Waals surface area contributed by atoms with Crippen LogP contribution in [0.15, 0.2) is 66.7 Å². The number of ether oxygens (including phenoxy) is 1. The van der Waals surface area contributed by atoms with Gasteiger partial charge in [-0.2, -0.15) is 0 Å². The van der Waals surface area contributed by atoms with Crippen molar-refractivity contribution in [3.05, 3.63) is 104 Å². The minimum Gasteiger partial charge on any atom is -0.487 e. The van der Waals surface area contributed by atoms with Crippen LogP contribution in [0, 0.1) is 10.1 Å². The molecule has 9 heteroatoms. The first-order chi connectivity index (χ1) is 17.4. The minimum absolute atomic E-state index is 0.144. The molecule has 0 radical (unpaired) electrons. The van der Waals surface area contributed by atoms with Crippen LogP contribution in [0.1, 0.15) is 35.4 Å². The third-order valence-corrected chi connectivity index (χ3v) is 8.29. The molecule has 7 nitrogen and oxygen atoms in total. The molecule has 4 atom stereocenters. The molecule has 0 saturated carbocycles. The molecule has 3 aromatic rings. The Labute approximate surface area is 218 Å². The van der Waals surface area contributed by atoms with Gasteiger partial charge < -0.3 is 10.1 Å². The molecule has 0 aliphatic carbocycles. The maximum Gasteiger partial charge on any atom is 0.256 e. The van der Waals surface area contributed by atoms with Crippen LogP contribution in [-0.2, 0) is 16.9 Å². The van der Waals surface area contributed by atoms with E-state index in [1.165, 1.54) is 0 Å². The van der Waals surface area contributed by atoms with Gasteiger partial charge in [-0.15, -0.1) is 0 Å². The fraction of sp³-hybridized carbons (Fsp3) is 0.296. The summed E-state index contributed by atoms with van der Waals surface area (Å²) < 4.78 is 5.91. The van der Waals surface area contributed by atoms with Gasteiger partial charge in [0.15, 0.2) is 5.54 Å². The molecule has 3 aromatic carbocycles. The predicted octanol–water partition coefficient (Wildman–Crippen LogP) is 5.63. The van der Waals surface area contributed by atoms with Crippen molar-refractivity contribution in [2.45, 2.75) is 43.0 Å². The number of amides is 1. The van der Waals surface area contributed by atoms with Crippen molar-refractivity contribution in [1.82, 2.24) is 4.90 Å². The number of carbonyl (C=O) groups excluding carboxylic acids is 1. The van der Waals surface area contributed by atoms with Crippen LogP contribution in [0.25, 0.3) is 0 Å². The first-order valence-corrected chi connectivity index (χ1v) is 12.6. The van der Waals surface area contributed by atoms with Crippen molar-refractivity contribution < 1.29 is 14.5 Å². The highest BCUT2D eigenvalue weighted by molar-refractivity contribution is 6.32. The van der Waals surface area contributed by atoms with E-state index in [-0.39, 0.29) is 16.9 Å². The van der Waals surface area contributed by atoms with Gasteiger partial charge in [0.1, 0.15) is 12.4 Å². The van der Waals surface area contributed by atoms with Gasteiger partial charge in [0.25, 0.3) is 11.9 Å². The number of hydrogen-bond acceptors (Lipinski definition) is 5. The van der Waals surface area contributed by atoms with Crippen molar-refractivity contribution in [3.8, 4) is 5.75 Å². The van der Waals surface area contributed by atoms with Crippen molar-refractivity contribution in [3.63, 3.8) is 0 Å². The number of anilines is 1. The Morgan fingerprint density at radius 2 is 1.89 bits per heavy atom. The van der Waals surface area contributed by atoms with Gasteiger partial charge in [0.2, 0.25) is 0 Å². The molecule has 3 heterocycles. The maximum atomic E-state index is 13.5. The van der Waals surface area contributed by atoms with Crippen molar-refractivity contribution >= 4 is 34.8 Å². The van der Waals surface area contributed by atoms with E-state index in [2.05, 4.69) is 10.2 Å². The third-order valence-electron chi connectivity index (χ3n) is 7.74. The number of nitrogens with zero attached hydrogens (tertiary/aromatic N) is 2. The highest BCUT2D eigenvalue weighted by Gasteiger charge is 2.73. The van der Waals surface area contributed by atoms with Gasteiger partial charge in [-0.3, -0.25) is 19.8 Å². The van der Waals surface area contributed by atoms with Gasteiger partial charge in [0, 0.05) is 33.8 Å². The molecule has 184 valence electrons. The first kappa shape index (κ1) is 23.3. The second kappa shape index (κ2) is 8.76. The molecule has 36 heavy (non-hydrogen) atoms.